The van der Waals surface area contributed by atoms with Gasteiger partial charge in [-0.25, -0.2) is 9.97 Å². The van der Waals surface area contributed by atoms with Crippen LogP contribution in [0.2, 0.25) is 0 Å². The van der Waals surface area contributed by atoms with Crippen molar-refractivity contribution >= 4 is 16.9 Å². The number of hydrogen-bond acceptors (Lipinski definition) is 5. The average molecular weight is 353 g/mol. The molecule has 5 nitrogen and oxygen atoms in total. The van der Waals surface area contributed by atoms with Crippen LogP contribution in [0.3, 0.4) is 0 Å². The Balaban J connectivity index is 2.15. The van der Waals surface area contributed by atoms with Crippen LogP contribution in [0.1, 0.15) is 29.3 Å². The molecule has 1 unspecified atom stereocenters. The van der Waals surface area contributed by atoms with Crippen LogP contribution in [0.5, 0.6) is 0 Å². The minimum absolute atomic E-state index is 0.0587. The van der Waals surface area contributed by atoms with Crippen LogP contribution in [-0.2, 0) is 6.42 Å². The van der Waals surface area contributed by atoms with Gasteiger partial charge in [0.25, 0.3) is 0 Å². The monoisotopic (exact) mass is 353 g/mol. The summed E-state index contributed by atoms with van der Waals surface area (Å²) in [4.78, 5) is 11.7. The van der Waals surface area contributed by atoms with Gasteiger partial charge in [-0.2, -0.15) is 9.65 Å². The summed E-state index contributed by atoms with van der Waals surface area (Å²) in [6.07, 6.45) is 3.30. The highest BCUT2D eigenvalue weighted by molar-refractivity contribution is 8.14. The maximum atomic E-state index is 13.9. The number of nitriles is 1. The Morgan fingerprint density at radius 3 is 2.72 bits per heavy atom. The van der Waals surface area contributed by atoms with Gasteiger partial charge in [0.05, 0.1) is 5.56 Å². The minimum atomic E-state index is -0.512. The van der Waals surface area contributed by atoms with Crippen molar-refractivity contribution in [1.29, 1.82) is 5.26 Å². The second-order valence-electron chi connectivity index (χ2n) is 5.16. The van der Waals surface area contributed by atoms with Crippen LogP contribution in [0.25, 0.3) is 0 Å². The van der Waals surface area contributed by atoms with Crippen molar-refractivity contribution in [3.05, 3.63) is 58.9 Å². The van der Waals surface area contributed by atoms with E-state index in [1.54, 1.807) is 25.2 Å². The Morgan fingerprint density at radius 1 is 1.32 bits per heavy atom. The summed E-state index contributed by atoms with van der Waals surface area (Å²) in [5.41, 5.74) is 7.75. The van der Waals surface area contributed by atoms with Gasteiger partial charge in [-0.1, -0.05) is 24.6 Å². The third kappa shape index (κ3) is 5.59. The Kier molecular flexibility index (Phi) is 6.50. The SMILES string of the molecule is C/N=C(/N)SC(C)Cc1cc(C#Cc2ccc(C#N)cn2)cnc1F. The largest absolute Gasteiger partial charge is 0.379 e. The summed E-state index contributed by atoms with van der Waals surface area (Å²) in [5, 5.41) is 9.27. The number of rotatable bonds is 3. The van der Waals surface area contributed by atoms with Gasteiger partial charge < -0.3 is 5.73 Å². The summed E-state index contributed by atoms with van der Waals surface area (Å²) in [6, 6.07) is 6.98. The number of nitrogens with two attached hydrogens (primary N) is 1. The molecule has 0 aromatic carbocycles. The van der Waals surface area contributed by atoms with Crippen LogP contribution >= 0.6 is 11.8 Å². The topological polar surface area (TPSA) is 88.0 Å². The van der Waals surface area contributed by atoms with Gasteiger partial charge in [-0.05, 0) is 30.5 Å². The number of aliphatic imine (C=N–C) groups is 1. The second-order valence-corrected chi connectivity index (χ2v) is 6.62. The summed E-state index contributed by atoms with van der Waals surface area (Å²) >= 11 is 1.38. The standard InChI is InChI=1S/C18H16FN5S/c1-12(25-18(21)22-2)7-15-8-13(10-24-17(15)19)3-5-16-6-4-14(9-20)11-23-16/h4,6,8,10-12H,7H2,1-2H3,(H2,21,22). The Morgan fingerprint density at radius 2 is 2.08 bits per heavy atom. The van der Waals surface area contributed by atoms with Crippen LogP contribution in [0.15, 0.2) is 35.6 Å². The second kappa shape index (κ2) is 8.81. The molecular weight excluding hydrogens is 337 g/mol. The van der Waals surface area contributed by atoms with E-state index in [0.29, 0.717) is 34.0 Å². The molecule has 2 heterocycles. The van der Waals surface area contributed by atoms with Gasteiger partial charge in [-0.15, -0.1) is 0 Å². The molecule has 0 bridgehead atoms. The number of nitrogens with zero attached hydrogens (tertiary/aromatic N) is 4. The summed E-state index contributed by atoms with van der Waals surface area (Å²) < 4.78 is 13.9. The van der Waals surface area contributed by atoms with Crippen molar-refractivity contribution in [2.45, 2.75) is 18.6 Å². The summed E-state index contributed by atoms with van der Waals surface area (Å²) in [5.74, 6) is 5.28. The smallest absolute Gasteiger partial charge is 0.216 e. The molecule has 2 aromatic heterocycles. The third-order valence-electron chi connectivity index (χ3n) is 3.19. The lowest BCUT2D eigenvalue weighted by molar-refractivity contribution is 0.565. The van der Waals surface area contributed by atoms with E-state index < -0.39 is 5.95 Å². The van der Waals surface area contributed by atoms with E-state index in [1.165, 1.54) is 24.2 Å². The first-order valence-corrected chi connectivity index (χ1v) is 8.31. The molecule has 2 aromatic rings. The minimum Gasteiger partial charge on any atom is -0.379 e. The molecule has 0 saturated carbocycles. The third-order valence-corrected chi connectivity index (χ3v) is 4.18. The fourth-order valence-corrected chi connectivity index (χ4v) is 2.77. The zero-order valence-corrected chi connectivity index (χ0v) is 14.6. The van der Waals surface area contributed by atoms with Gasteiger partial charge >= 0.3 is 0 Å². The van der Waals surface area contributed by atoms with E-state index in [1.807, 2.05) is 13.0 Å². The Hall–Kier alpha value is -2.90. The average Bonchev–Trinajstić information content (AvgIpc) is 2.62. The van der Waals surface area contributed by atoms with E-state index in [-0.39, 0.29) is 5.25 Å². The number of amidine groups is 1. The van der Waals surface area contributed by atoms with E-state index in [9.17, 15) is 4.39 Å². The number of halogens is 1. The predicted octanol–water partition coefficient (Wildman–Crippen LogP) is 2.50. The number of hydrogen-bond donors (Lipinski definition) is 1. The highest BCUT2D eigenvalue weighted by Gasteiger charge is 2.11. The van der Waals surface area contributed by atoms with Gasteiger partial charge in [0.15, 0.2) is 5.17 Å². The van der Waals surface area contributed by atoms with Crippen molar-refractivity contribution in [2.24, 2.45) is 10.7 Å². The lowest BCUT2D eigenvalue weighted by Gasteiger charge is -2.10. The van der Waals surface area contributed by atoms with Crippen molar-refractivity contribution in [2.75, 3.05) is 7.05 Å². The van der Waals surface area contributed by atoms with Crippen molar-refractivity contribution in [3.63, 3.8) is 0 Å². The van der Waals surface area contributed by atoms with Crippen LogP contribution in [0, 0.1) is 29.1 Å². The molecule has 1 atom stereocenters. The number of thioether (sulfide) groups is 1. The molecule has 0 amide bonds. The summed E-state index contributed by atoms with van der Waals surface area (Å²) in [6.45, 7) is 1.95. The molecule has 2 rings (SSSR count). The summed E-state index contributed by atoms with van der Waals surface area (Å²) in [7, 11) is 1.62. The lowest BCUT2D eigenvalue weighted by atomic mass is 10.1. The van der Waals surface area contributed by atoms with Gasteiger partial charge in [0, 0.05) is 35.8 Å². The molecule has 0 aliphatic rings. The molecule has 0 fully saturated rings. The van der Waals surface area contributed by atoms with Crippen molar-refractivity contribution in [3.8, 4) is 17.9 Å². The highest BCUT2D eigenvalue weighted by Crippen LogP contribution is 2.18. The molecule has 0 spiro atoms. The normalized spacial score (nSPS) is 12.0. The first-order chi connectivity index (χ1) is 12.0. The van der Waals surface area contributed by atoms with E-state index in [2.05, 4.69) is 26.8 Å². The molecular formula is C18H16FN5S. The fraction of sp³-hybridized carbons (Fsp3) is 0.222. The van der Waals surface area contributed by atoms with Gasteiger partial charge in [0.1, 0.15) is 11.8 Å². The molecule has 0 saturated heterocycles. The maximum absolute atomic E-state index is 13.9. The molecule has 0 aliphatic carbocycles. The number of aromatic nitrogens is 2. The van der Waals surface area contributed by atoms with Gasteiger partial charge in [-0.3, -0.25) is 4.99 Å². The number of pyridine rings is 2. The zero-order valence-electron chi connectivity index (χ0n) is 13.8. The van der Waals surface area contributed by atoms with E-state index in [0.717, 1.165) is 0 Å². The highest BCUT2D eigenvalue weighted by atomic mass is 32.2. The Labute approximate surface area is 150 Å². The molecule has 25 heavy (non-hydrogen) atoms. The van der Waals surface area contributed by atoms with Crippen LogP contribution < -0.4 is 5.73 Å². The Bertz CT molecular complexity index is 875. The predicted molar refractivity (Wildman–Crippen MR) is 97.4 cm³/mol. The molecule has 7 heteroatoms. The first-order valence-electron chi connectivity index (χ1n) is 7.43. The van der Waals surface area contributed by atoms with Crippen LogP contribution in [0.4, 0.5) is 4.39 Å². The zero-order chi connectivity index (χ0) is 18.2. The maximum Gasteiger partial charge on any atom is 0.216 e. The van der Waals surface area contributed by atoms with Crippen molar-refractivity contribution in [1.82, 2.24) is 9.97 Å². The molecule has 0 aliphatic heterocycles. The van der Waals surface area contributed by atoms with E-state index in [4.69, 9.17) is 11.0 Å². The molecule has 126 valence electrons. The first kappa shape index (κ1) is 18.4. The van der Waals surface area contributed by atoms with Crippen molar-refractivity contribution < 1.29 is 4.39 Å². The quantitative estimate of drug-likeness (QED) is 0.396. The molecule has 0 radical (unpaired) electrons. The molecule has 2 N–H and O–H groups in total. The van der Waals surface area contributed by atoms with Gasteiger partial charge in [0.2, 0.25) is 5.95 Å². The lowest BCUT2D eigenvalue weighted by Crippen LogP contribution is -2.14. The fourth-order valence-electron chi connectivity index (χ4n) is 1.99. The van der Waals surface area contributed by atoms with Crippen LogP contribution in [-0.4, -0.2) is 27.4 Å². The van der Waals surface area contributed by atoms with E-state index >= 15 is 0 Å².